The number of carbonyl (C=O) groups is 1. The van der Waals surface area contributed by atoms with Crippen LogP contribution in [0.5, 0.6) is 0 Å². The summed E-state index contributed by atoms with van der Waals surface area (Å²) in [5.41, 5.74) is 0.938. The van der Waals surface area contributed by atoms with Gasteiger partial charge in [0, 0.05) is 11.9 Å². The third-order valence-corrected chi connectivity index (χ3v) is 3.59. The SMILES string of the molecule is CCn1cnnc1CN(C)Cc1cc2ccccc2o1.O=C(O)C(F)(F)F. The van der Waals surface area contributed by atoms with E-state index in [1.54, 1.807) is 6.33 Å². The number of furan rings is 1. The average Bonchev–Trinajstić information content (AvgIpc) is 3.19. The summed E-state index contributed by atoms with van der Waals surface area (Å²) in [6, 6.07) is 10.2. The van der Waals surface area contributed by atoms with Crippen molar-refractivity contribution >= 4 is 16.9 Å². The second kappa shape index (κ2) is 8.67. The zero-order valence-electron chi connectivity index (χ0n) is 14.8. The molecule has 10 heteroatoms. The van der Waals surface area contributed by atoms with Crippen molar-refractivity contribution in [2.75, 3.05) is 7.05 Å². The van der Waals surface area contributed by atoms with E-state index < -0.39 is 12.1 Å². The van der Waals surface area contributed by atoms with Crippen LogP contribution in [-0.2, 0) is 24.4 Å². The van der Waals surface area contributed by atoms with Crippen LogP contribution in [0.4, 0.5) is 13.2 Å². The van der Waals surface area contributed by atoms with Gasteiger partial charge in [0.1, 0.15) is 23.5 Å². The first-order valence-electron chi connectivity index (χ1n) is 8.03. The van der Waals surface area contributed by atoms with Gasteiger partial charge in [0.25, 0.3) is 0 Å². The van der Waals surface area contributed by atoms with Crippen molar-refractivity contribution in [1.82, 2.24) is 19.7 Å². The van der Waals surface area contributed by atoms with Crippen LogP contribution >= 0.6 is 0 Å². The highest BCUT2D eigenvalue weighted by Crippen LogP contribution is 2.20. The summed E-state index contributed by atoms with van der Waals surface area (Å²) in [5.74, 6) is -0.810. The molecule has 0 aliphatic heterocycles. The fraction of sp³-hybridized carbons (Fsp3) is 0.353. The van der Waals surface area contributed by atoms with Gasteiger partial charge in [-0.3, -0.25) is 4.90 Å². The largest absolute Gasteiger partial charge is 0.490 e. The predicted octanol–water partition coefficient (Wildman–Crippen LogP) is 3.31. The van der Waals surface area contributed by atoms with Crippen LogP contribution in [0.15, 0.2) is 41.1 Å². The number of benzene rings is 1. The van der Waals surface area contributed by atoms with Crippen LogP contribution in [0.2, 0.25) is 0 Å². The van der Waals surface area contributed by atoms with Crippen molar-refractivity contribution in [3.63, 3.8) is 0 Å². The van der Waals surface area contributed by atoms with Crippen molar-refractivity contribution < 1.29 is 27.5 Å². The molecule has 0 amide bonds. The Balaban J connectivity index is 0.000000321. The quantitative estimate of drug-likeness (QED) is 0.727. The Kier molecular flexibility index (Phi) is 6.56. The van der Waals surface area contributed by atoms with Crippen molar-refractivity contribution in [2.45, 2.75) is 32.7 Å². The molecule has 0 saturated heterocycles. The molecule has 0 atom stereocenters. The third-order valence-electron chi connectivity index (χ3n) is 3.59. The molecule has 2 heterocycles. The lowest BCUT2D eigenvalue weighted by Crippen LogP contribution is -2.21. The molecule has 0 bridgehead atoms. The molecule has 0 spiro atoms. The normalized spacial score (nSPS) is 11.5. The molecular weight excluding hydrogens is 365 g/mol. The minimum Gasteiger partial charge on any atom is -0.475 e. The first kappa shape index (κ1) is 20.4. The van der Waals surface area contributed by atoms with Crippen molar-refractivity contribution in [2.24, 2.45) is 0 Å². The summed E-state index contributed by atoms with van der Waals surface area (Å²) in [7, 11) is 2.06. The lowest BCUT2D eigenvalue weighted by molar-refractivity contribution is -0.192. The molecule has 0 fully saturated rings. The second-order valence-corrected chi connectivity index (χ2v) is 5.76. The van der Waals surface area contributed by atoms with Crippen molar-refractivity contribution in [3.05, 3.63) is 48.2 Å². The standard InChI is InChI=1S/C15H18N4O.C2HF3O2/c1-3-19-11-16-17-15(19)10-18(2)9-13-8-12-6-4-5-7-14(12)20-13;3-2(4,5)1(6)7/h4-8,11H,3,9-10H2,1-2H3;(H,6,7). The number of hydrogen-bond donors (Lipinski definition) is 1. The fourth-order valence-electron chi connectivity index (χ4n) is 2.34. The number of fused-ring (bicyclic) bond motifs is 1. The van der Waals surface area contributed by atoms with Gasteiger partial charge in [-0.1, -0.05) is 18.2 Å². The number of aromatic nitrogens is 3. The predicted molar refractivity (Wildman–Crippen MR) is 90.8 cm³/mol. The maximum atomic E-state index is 10.6. The molecule has 7 nitrogen and oxygen atoms in total. The Hall–Kier alpha value is -2.88. The van der Waals surface area contributed by atoms with Crippen LogP contribution in [-0.4, -0.2) is 44.0 Å². The van der Waals surface area contributed by atoms with Gasteiger partial charge in [0.15, 0.2) is 0 Å². The van der Waals surface area contributed by atoms with E-state index in [1.807, 2.05) is 18.2 Å². The lowest BCUT2D eigenvalue weighted by atomic mass is 10.2. The number of rotatable bonds is 5. The third kappa shape index (κ3) is 5.81. The molecule has 0 saturated carbocycles. The first-order valence-corrected chi connectivity index (χ1v) is 8.03. The Morgan fingerprint density at radius 2 is 1.96 bits per heavy atom. The number of para-hydroxylation sites is 1. The van der Waals surface area contributed by atoms with E-state index in [1.165, 1.54) is 0 Å². The summed E-state index contributed by atoms with van der Waals surface area (Å²) >= 11 is 0. The van der Waals surface area contributed by atoms with Gasteiger partial charge in [0.2, 0.25) is 0 Å². The molecule has 0 aliphatic rings. The molecule has 0 aliphatic carbocycles. The highest BCUT2D eigenvalue weighted by molar-refractivity contribution is 5.77. The number of carboxylic acids is 1. The van der Waals surface area contributed by atoms with E-state index in [0.29, 0.717) is 0 Å². The molecular formula is C17H19F3N4O3. The van der Waals surface area contributed by atoms with Gasteiger partial charge in [-0.05, 0) is 26.1 Å². The number of halogens is 3. The smallest absolute Gasteiger partial charge is 0.475 e. The van der Waals surface area contributed by atoms with Gasteiger partial charge in [-0.25, -0.2) is 4.79 Å². The average molecular weight is 384 g/mol. The van der Waals surface area contributed by atoms with Gasteiger partial charge in [-0.15, -0.1) is 10.2 Å². The Bertz CT molecular complexity index is 856. The van der Waals surface area contributed by atoms with E-state index in [4.69, 9.17) is 14.3 Å². The molecule has 0 radical (unpaired) electrons. The minimum atomic E-state index is -5.08. The van der Waals surface area contributed by atoms with E-state index in [2.05, 4.69) is 45.8 Å². The van der Waals surface area contributed by atoms with E-state index in [-0.39, 0.29) is 0 Å². The van der Waals surface area contributed by atoms with Gasteiger partial charge < -0.3 is 14.1 Å². The highest BCUT2D eigenvalue weighted by atomic mass is 19.4. The fourth-order valence-corrected chi connectivity index (χ4v) is 2.34. The van der Waals surface area contributed by atoms with E-state index >= 15 is 0 Å². The maximum absolute atomic E-state index is 10.6. The Labute approximate surface area is 153 Å². The Morgan fingerprint density at radius 1 is 1.30 bits per heavy atom. The summed E-state index contributed by atoms with van der Waals surface area (Å²) in [4.78, 5) is 11.1. The van der Waals surface area contributed by atoms with Crippen molar-refractivity contribution in [3.8, 4) is 0 Å². The number of hydrogen-bond acceptors (Lipinski definition) is 5. The topological polar surface area (TPSA) is 84.4 Å². The number of alkyl halides is 3. The number of aliphatic carboxylic acids is 1. The van der Waals surface area contributed by atoms with Gasteiger partial charge in [-0.2, -0.15) is 13.2 Å². The van der Waals surface area contributed by atoms with E-state index in [0.717, 1.165) is 42.2 Å². The lowest BCUT2D eigenvalue weighted by Gasteiger charge is -2.14. The summed E-state index contributed by atoms with van der Waals surface area (Å²) in [6.07, 6.45) is -3.32. The van der Waals surface area contributed by atoms with Crippen LogP contribution in [0, 0.1) is 0 Å². The van der Waals surface area contributed by atoms with Crippen LogP contribution < -0.4 is 0 Å². The first-order chi connectivity index (χ1) is 12.7. The van der Waals surface area contributed by atoms with E-state index in [9.17, 15) is 13.2 Å². The van der Waals surface area contributed by atoms with Crippen LogP contribution in [0.25, 0.3) is 11.0 Å². The highest BCUT2D eigenvalue weighted by Gasteiger charge is 2.38. The zero-order valence-corrected chi connectivity index (χ0v) is 14.8. The molecule has 3 rings (SSSR count). The molecule has 3 aromatic rings. The Morgan fingerprint density at radius 3 is 2.56 bits per heavy atom. The van der Waals surface area contributed by atoms with Crippen molar-refractivity contribution in [1.29, 1.82) is 0 Å². The zero-order chi connectivity index (χ0) is 20.0. The molecule has 1 N–H and O–H groups in total. The van der Waals surface area contributed by atoms with Crippen LogP contribution in [0.1, 0.15) is 18.5 Å². The van der Waals surface area contributed by atoms with Gasteiger partial charge >= 0.3 is 12.1 Å². The summed E-state index contributed by atoms with van der Waals surface area (Å²) in [6.45, 7) is 4.49. The number of carboxylic acid groups (broad SMARTS) is 1. The summed E-state index contributed by atoms with van der Waals surface area (Å²) < 4.78 is 39.6. The maximum Gasteiger partial charge on any atom is 0.490 e. The number of aryl methyl sites for hydroxylation is 1. The monoisotopic (exact) mass is 384 g/mol. The molecule has 27 heavy (non-hydrogen) atoms. The van der Waals surface area contributed by atoms with Crippen LogP contribution in [0.3, 0.4) is 0 Å². The second-order valence-electron chi connectivity index (χ2n) is 5.76. The molecule has 0 unspecified atom stereocenters. The van der Waals surface area contributed by atoms with Gasteiger partial charge in [0.05, 0.1) is 13.1 Å². The summed E-state index contributed by atoms with van der Waals surface area (Å²) in [5, 5.41) is 16.4. The minimum absolute atomic E-state index is 0.755. The molecule has 146 valence electrons. The number of nitrogens with zero attached hydrogens (tertiary/aromatic N) is 4. The molecule has 2 aromatic heterocycles. The molecule has 1 aromatic carbocycles.